The van der Waals surface area contributed by atoms with E-state index in [9.17, 15) is 9.59 Å². The van der Waals surface area contributed by atoms with Crippen LogP contribution in [0.3, 0.4) is 0 Å². The summed E-state index contributed by atoms with van der Waals surface area (Å²) in [5.74, 6) is 0.664. The van der Waals surface area contributed by atoms with Gasteiger partial charge < -0.3 is 4.90 Å². The van der Waals surface area contributed by atoms with Crippen LogP contribution in [0.4, 0.5) is 0 Å². The molecule has 1 saturated heterocycles. The van der Waals surface area contributed by atoms with Gasteiger partial charge in [-0.1, -0.05) is 30.3 Å². The Morgan fingerprint density at radius 2 is 2.12 bits per heavy atom. The molecule has 0 bridgehead atoms. The highest BCUT2D eigenvalue weighted by atomic mass is 32.1. The number of H-pyrrole nitrogens is 2. The minimum Gasteiger partial charge on any atom is -0.337 e. The van der Waals surface area contributed by atoms with Crippen LogP contribution in [0.25, 0.3) is 11.3 Å². The van der Waals surface area contributed by atoms with Crippen LogP contribution in [0, 0.1) is 0 Å². The first-order valence-electron chi connectivity index (χ1n) is 8.17. The number of amides is 1. The Kier molecular flexibility index (Phi) is 4.19. The Morgan fingerprint density at radius 3 is 2.88 bits per heavy atom. The van der Waals surface area contributed by atoms with Gasteiger partial charge in [-0.05, 0) is 30.4 Å². The molecule has 0 aliphatic carbocycles. The summed E-state index contributed by atoms with van der Waals surface area (Å²) < 4.78 is 4.41. The highest BCUT2D eigenvalue weighted by molar-refractivity contribution is 7.08. The summed E-state index contributed by atoms with van der Waals surface area (Å²) in [5.41, 5.74) is 1.51. The van der Waals surface area contributed by atoms with Crippen molar-refractivity contribution in [2.45, 2.75) is 18.8 Å². The molecule has 0 saturated carbocycles. The van der Waals surface area contributed by atoms with Crippen LogP contribution < -0.4 is 5.69 Å². The van der Waals surface area contributed by atoms with Crippen LogP contribution in [-0.2, 0) is 0 Å². The molecule has 25 heavy (non-hydrogen) atoms. The third kappa shape index (κ3) is 3.25. The summed E-state index contributed by atoms with van der Waals surface area (Å²) in [6.45, 7) is 1.26. The Hall–Kier alpha value is -2.74. The number of rotatable bonds is 3. The van der Waals surface area contributed by atoms with Crippen LogP contribution in [0.5, 0.6) is 0 Å². The third-order valence-electron chi connectivity index (χ3n) is 4.41. The van der Waals surface area contributed by atoms with Gasteiger partial charge >= 0.3 is 5.69 Å². The summed E-state index contributed by atoms with van der Waals surface area (Å²) in [4.78, 5) is 29.2. The second-order valence-electron chi connectivity index (χ2n) is 6.10. The molecule has 2 N–H and O–H groups in total. The van der Waals surface area contributed by atoms with Gasteiger partial charge in [0.1, 0.15) is 10.7 Å². The topological polar surface area (TPSA) is 94.7 Å². The van der Waals surface area contributed by atoms with Crippen molar-refractivity contribution >= 4 is 17.4 Å². The average molecular weight is 355 g/mol. The summed E-state index contributed by atoms with van der Waals surface area (Å²) in [6, 6.07) is 11.7. The largest absolute Gasteiger partial charge is 0.340 e. The van der Waals surface area contributed by atoms with Gasteiger partial charge in [0, 0.05) is 24.6 Å². The monoisotopic (exact) mass is 355 g/mol. The number of likely N-dealkylation sites (tertiary alicyclic amines) is 1. The molecule has 3 aromatic rings. The molecule has 1 atom stereocenters. The van der Waals surface area contributed by atoms with Crippen molar-refractivity contribution in [3.63, 3.8) is 0 Å². The standard InChI is InChI=1S/C17H17N5O2S/c23-16(14-9-13(21-25-14)11-5-2-1-3-6-11)22-8-4-7-12(10-22)15-18-17(24)20-19-15/h1-3,5-6,9,12H,4,7-8,10H2,(H2,18,19,20,24)/t12-/m0/s1. The van der Waals surface area contributed by atoms with E-state index in [1.54, 1.807) is 0 Å². The lowest BCUT2D eigenvalue weighted by Crippen LogP contribution is -2.39. The van der Waals surface area contributed by atoms with Gasteiger partial charge in [-0.2, -0.15) is 9.47 Å². The van der Waals surface area contributed by atoms with Gasteiger partial charge in [0.25, 0.3) is 5.91 Å². The van der Waals surface area contributed by atoms with Gasteiger partial charge in [0.15, 0.2) is 0 Å². The maximum Gasteiger partial charge on any atom is 0.340 e. The van der Waals surface area contributed by atoms with Crippen molar-refractivity contribution in [1.82, 2.24) is 24.5 Å². The number of nitrogens with zero attached hydrogens (tertiary/aromatic N) is 3. The zero-order valence-corrected chi connectivity index (χ0v) is 14.3. The van der Waals surface area contributed by atoms with E-state index in [1.807, 2.05) is 41.3 Å². The fraction of sp³-hybridized carbons (Fsp3) is 0.294. The SMILES string of the molecule is O=C(c1cc(-c2ccccc2)ns1)N1CCC[C@H](c2n[nH]c(=O)[nH]2)C1. The second kappa shape index (κ2) is 6.64. The van der Waals surface area contributed by atoms with E-state index in [4.69, 9.17) is 0 Å². The predicted octanol–water partition coefficient (Wildman–Crippen LogP) is 2.24. The van der Waals surface area contributed by atoms with Crippen LogP contribution in [-0.4, -0.2) is 43.5 Å². The van der Waals surface area contributed by atoms with Crippen molar-refractivity contribution in [2.75, 3.05) is 13.1 Å². The van der Waals surface area contributed by atoms with Gasteiger partial charge in [0.2, 0.25) is 0 Å². The number of piperidine rings is 1. The van der Waals surface area contributed by atoms with Crippen molar-refractivity contribution in [3.8, 4) is 11.3 Å². The number of nitrogens with one attached hydrogen (secondary N) is 2. The number of hydrogen-bond acceptors (Lipinski definition) is 5. The van der Waals surface area contributed by atoms with Crippen LogP contribution in [0.2, 0.25) is 0 Å². The fourth-order valence-electron chi connectivity index (χ4n) is 3.14. The number of carbonyl (C=O) groups excluding carboxylic acids is 1. The molecule has 8 heteroatoms. The molecule has 2 aromatic heterocycles. The quantitative estimate of drug-likeness (QED) is 0.753. The van der Waals surface area contributed by atoms with Crippen molar-refractivity contribution < 1.29 is 4.79 Å². The summed E-state index contributed by atoms with van der Waals surface area (Å²) in [5, 5.41) is 6.40. The molecule has 4 rings (SSSR count). The van der Waals surface area contributed by atoms with Gasteiger partial charge in [-0.3, -0.25) is 9.78 Å². The molecule has 128 valence electrons. The number of benzene rings is 1. The predicted molar refractivity (Wildman–Crippen MR) is 94.6 cm³/mol. The molecular weight excluding hydrogens is 338 g/mol. The molecule has 1 aliphatic heterocycles. The van der Waals surface area contributed by atoms with Gasteiger partial charge in [0.05, 0.1) is 5.69 Å². The third-order valence-corrected chi connectivity index (χ3v) is 5.18. The fourth-order valence-corrected chi connectivity index (χ4v) is 3.86. The Labute approximate surface area is 147 Å². The van der Waals surface area contributed by atoms with Crippen LogP contribution >= 0.6 is 11.5 Å². The van der Waals surface area contributed by atoms with E-state index < -0.39 is 0 Å². The van der Waals surface area contributed by atoms with Gasteiger partial charge in [-0.25, -0.2) is 9.89 Å². The first-order chi connectivity index (χ1) is 12.2. The van der Waals surface area contributed by atoms with Crippen LogP contribution in [0.1, 0.15) is 34.3 Å². The molecule has 1 amide bonds. The lowest BCUT2D eigenvalue weighted by molar-refractivity contribution is 0.0709. The number of aromatic amines is 2. The van der Waals surface area contributed by atoms with Crippen molar-refractivity contribution in [2.24, 2.45) is 0 Å². The minimum atomic E-state index is -0.312. The zero-order chi connectivity index (χ0) is 17.2. The van der Waals surface area contributed by atoms with E-state index in [2.05, 4.69) is 19.6 Å². The molecule has 0 spiro atoms. The Balaban J connectivity index is 1.51. The Morgan fingerprint density at radius 1 is 1.28 bits per heavy atom. The first kappa shape index (κ1) is 15.8. The van der Waals surface area contributed by atoms with E-state index in [0.29, 0.717) is 23.8 Å². The second-order valence-corrected chi connectivity index (χ2v) is 6.90. The van der Waals surface area contributed by atoms with Crippen LogP contribution in [0.15, 0.2) is 41.2 Å². The molecule has 7 nitrogen and oxygen atoms in total. The number of aromatic nitrogens is 4. The molecule has 1 aromatic carbocycles. The van der Waals surface area contributed by atoms with E-state index in [-0.39, 0.29) is 17.5 Å². The summed E-state index contributed by atoms with van der Waals surface area (Å²) in [7, 11) is 0. The maximum atomic E-state index is 12.8. The number of carbonyl (C=O) groups is 1. The molecule has 0 radical (unpaired) electrons. The molecular formula is C17H17N5O2S. The molecule has 1 aliphatic rings. The summed E-state index contributed by atoms with van der Waals surface area (Å²) >= 11 is 1.23. The van der Waals surface area contributed by atoms with E-state index >= 15 is 0 Å². The smallest absolute Gasteiger partial charge is 0.337 e. The zero-order valence-electron chi connectivity index (χ0n) is 13.4. The summed E-state index contributed by atoms with van der Waals surface area (Å²) in [6.07, 6.45) is 1.79. The number of hydrogen-bond donors (Lipinski definition) is 2. The first-order valence-corrected chi connectivity index (χ1v) is 8.94. The normalized spacial score (nSPS) is 17.6. The highest BCUT2D eigenvalue weighted by Gasteiger charge is 2.28. The van der Waals surface area contributed by atoms with Crippen molar-refractivity contribution in [1.29, 1.82) is 0 Å². The highest BCUT2D eigenvalue weighted by Crippen LogP contribution is 2.27. The average Bonchev–Trinajstić information content (AvgIpc) is 3.31. The molecule has 3 heterocycles. The van der Waals surface area contributed by atoms with Crippen molar-refractivity contribution in [3.05, 3.63) is 57.6 Å². The Bertz CT molecular complexity index is 930. The maximum absolute atomic E-state index is 12.8. The molecule has 0 unspecified atom stereocenters. The van der Waals surface area contributed by atoms with E-state index in [1.165, 1.54) is 11.5 Å². The minimum absolute atomic E-state index is 0.0118. The lowest BCUT2D eigenvalue weighted by Gasteiger charge is -2.31. The van der Waals surface area contributed by atoms with Gasteiger partial charge in [-0.15, -0.1) is 0 Å². The van der Waals surface area contributed by atoms with E-state index in [0.717, 1.165) is 24.1 Å². The molecule has 1 fully saturated rings. The lowest BCUT2D eigenvalue weighted by atomic mass is 9.97.